The summed E-state index contributed by atoms with van der Waals surface area (Å²) in [5.41, 5.74) is 6.50. The Morgan fingerprint density at radius 3 is 2.42 bits per heavy atom. The maximum absolute atomic E-state index is 11.6. The van der Waals surface area contributed by atoms with Gasteiger partial charge in [-0.15, -0.1) is 0 Å². The highest BCUT2D eigenvalue weighted by molar-refractivity contribution is 7.91. The summed E-state index contributed by atoms with van der Waals surface area (Å²) >= 11 is 0. The maximum atomic E-state index is 11.6. The van der Waals surface area contributed by atoms with Crippen LogP contribution in [0.15, 0.2) is 29.2 Å². The van der Waals surface area contributed by atoms with E-state index >= 15 is 0 Å². The predicted molar refractivity (Wildman–Crippen MR) is 69.6 cm³/mol. The van der Waals surface area contributed by atoms with Gasteiger partial charge < -0.3 is 15.6 Å². The number of carboxylic acids is 1. The van der Waals surface area contributed by atoms with E-state index in [1.807, 2.05) is 0 Å². The minimum absolute atomic E-state index is 0.0418. The van der Waals surface area contributed by atoms with Crippen molar-refractivity contribution >= 4 is 15.8 Å². The van der Waals surface area contributed by atoms with E-state index in [9.17, 15) is 13.2 Å². The summed E-state index contributed by atoms with van der Waals surface area (Å²) in [5, 5.41) is 8.42. The lowest BCUT2D eigenvalue weighted by molar-refractivity contribution is -0.142. The molecule has 0 heterocycles. The Morgan fingerprint density at radius 1 is 1.37 bits per heavy atom. The van der Waals surface area contributed by atoms with E-state index in [0.29, 0.717) is 5.56 Å². The topological polar surface area (TPSA) is 107 Å². The molecule has 7 heteroatoms. The minimum atomic E-state index is -3.22. The second-order valence-electron chi connectivity index (χ2n) is 3.99. The van der Waals surface area contributed by atoms with Gasteiger partial charge in [0.05, 0.1) is 23.3 Å². The number of rotatable bonds is 7. The van der Waals surface area contributed by atoms with E-state index < -0.39 is 28.5 Å². The molecule has 1 rings (SSSR count). The van der Waals surface area contributed by atoms with E-state index in [2.05, 4.69) is 0 Å². The second-order valence-corrected chi connectivity index (χ2v) is 6.27. The Bertz CT molecular complexity index is 524. The van der Waals surface area contributed by atoms with Crippen molar-refractivity contribution in [2.45, 2.75) is 17.9 Å². The number of nitrogens with two attached hydrogens (primary N) is 1. The molecular formula is C12H17NO5S. The van der Waals surface area contributed by atoms with Crippen molar-refractivity contribution in [2.75, 3.05) is 19.0 Å². The zero-order chi connectivity index (χ0) is 14.5. The quantitative estimate of drug-likeness (QED) is 0.759. The van der Waals surface area contributed by atoms with E-state index in [4.69, 9.17) is 15.6 Å². The fourth-order valence-electron chi connectivity index (χ4n) is 1.46. The molecule has 1 unspecified atom stereocenters. The van der Waals surface area contributed by atoms with Gasteiger partial charge in [-0.1, -0.05) is 19.1 Å². The summed E-state index contributed by atoms with van der Waals surface area (Å²) in [6.07, 6.45) is 0. The molecule has 19 heavy (non-hydrogen) atoms. The van der Waals surface area contributed by atoms with Crippen molar-refractivity contribution < 1.29 is 23.1 Å². The highest BCUT2D eigenvalue weighted by atomic mass is 32.2. The van der Waals surface area contributed by atoms with E-state index in [1.165, 1.54) is 12.1 Å². The van der Waals surface area contributed by atoms with Gasteiger partial charge in [-0.3, -0.25) is 0 Å². The number of carboxylic acid groups (broad SMARTS) is 1. The summed E-state index contributed by atoms with van der Waals surface area (Å²) in [6.45, 7) is 1.23. The molecular weight excluding hydrogens is 270 g/mol. The van der Waals surface area contributed by atoms with Crippen LogP contribution in [0.3, 0.4) is 0 Å². The average Bonchev–Trinajstić information content (AvgIpc) is 2.38. The Labute approximate surface area is 112 Å². The normalized spacial score (nSPS) is 13.2. The number of aliphatic carboxylic acids is 1. The summed E-state index contributed by atoms with van der Waals surface area (Å²) in [4.78, 5) is 10.5. The summed E-state index contributed by atoms with van der Waals surface area (Å²) < 4.78 is 28.1. The third-order valence-corrected chi connectivity index (χ3v) is 4.32. The van der Waals surface area contributed by atoms with Crippen LogP contribution in [0.1, 0.15) is 18.5 Å². The van der Waals surface area contributed by atoms with Gasteiger partial charge in [-0.05, 0) is 17.7 Å². The van der Waals surface area contributed by atoms with Crippen LogP contribution in [0.5, 0.6) is 0 Å². The minimum Gasteiger partial charge on any atom is -0.480 e. The monoisotopic (exact) mass is 287 g/mol. The second kappa shape index (κ2) is 6.65. The van der Waals surface area contributed by atoms with Crippen LogP contribution in [0.2, 0.25) is 0 Å². The van der Waals surface area contributed by atoms with E-state index in [-0.39, 0.29) is 17.3 Å². The number of benzene rings is 1. The molecule has 0 radical (unpaired) electrons. The molecule has 6 nitrogen and oxygen atoms in total. The molecule has 0 aromatic heterocycles. The van der Waals surface area contributed by atoms with Crippen molar-refractivity contribution in [3.05, 3.63) is 29.8 Å². The molecule has 106 valence electrons. The van der Waals surface area contributed by atoms with Gasteiger partial charge in [-0.25, -0.2) is 13.2 Å². The van der Waals surface area contributed by atoms with Gasteiger partial charge in [0.25, 0.3) is 0 Å². The molecule has 0 amide bonds. The van der Waals surface area contributed by atoms with Crippen LogP contribution in [0, 0.1) is 0 Å². The van der Waals surface area contributed by atoms with Gasteiger partial charge in [0.1, 0.15) is 6.61 Å². The maximum Gasteiger partial charge on any atom is 0.329 e. The first-order valence-corrected chi connectivity index (χ1v) is 7.40. The molecule has 3 N–H and O–H groups in total. The van der Waals surface area contributed by atoms with Crippen molar-refractivity contribution in [3.63, 3.8) is 0 Å². The van der Waals surface area contributed by atoms with Crippen molar-refractivity contribution in [2.24, 2.45) is 5.73 Å². The molecule has 1 aromatic rings. The van der Waals surface area contributed by atoms with Crippen LogP contribution in [0.4, 0.5) is 0 Å². The largest absolute Gasteiger partial charge is 0.480 e. The first kappa shape index (κ1) is 15.6. The van der Waals surface area contributed by atoms with Crippen LogP contribution in [-0.2, 0) is 19.4 Å². The Hall–Kier alpha value is -1.44. The van der Waals surface area contributed by atoms with Crippen LogP contribution in [-0.4, -0.2) is 38.5 Å². The average molecular weight is 287 g/mol. The molecule has 1 aromatic carbocycles. The fraction of sp³-hybridized carbons (Fsp3) is 0.417. The number of hydrogen-bond acceptors (Lipinski definition) is 5. The highest BCUT2D eigenvalue weighted by Gasteiger charge is 2.13. The fourth-order valence-corrected chi connectivity index (χ4v) is 2.34. The highest BCUT2D eigenvalue weighted by Crippen LogP contribution is 2.16. The zero-order valence-electron chi connectivity index (χ0n) is 10.6. The standard InChI is InChI=1S/C12H17NO5S/c1-2-19(16,17)10-5-3-9(4-6-10)11(13)7-18-8-12(14)15/h3-6,11H,2,7-8,13H2,1H3,(H,14,15). The molecule has 0 spiro atoms. The third kappa shape index (κ3) is 4.62. The van der Waals surface area contributed by atoms with Gasteiger partial charge in [0, 0.05) is 0 Å². The SMILES string of the molecule is CCS(=O)(=O)c1ccc(C(N)COCC(=O)O)cc1. The van der Waals surface area contributed by atoms with Crippen molar-refractivity contribution in [1.82, 2.24) is 0 Å². The van der Waals surface area contributed by atoms with E-state index in [0.717, 1.165) is 0 Å². The summed E-state index contributed by atoms with van der Waals surface area (Å²) in [7, 11) is -3.22. The van der Waals surface area contributed by atoms with E-state index in [1.54, 1.807) is 19.1 Å². The van der Waals surface area contributed by atoms with Gasteiger partial charge >= 0.3 is 5.97 Å². The number of carbonyl (C=O) groups is 1. The number of hydrogen-bond donors (Lipinski definition) is 2. The molecule has 0 bridgehead atoms. The first-order valence-electron chi connectivity index (χ1n) is 5.74. The lowest BCUT2D eigenvalue weighted by atomic mass is 10.1. The first-order chi connectivity index (χ1) is 8.86. The molecule has 0 aliphatic rings. The number of sulfone groups is 1. The van der Waals surface area contributed by atoms with Crippen LogP contribution in [0.25, 0.3) is 0 Å². The Kier molecular flexibility index (Phi) is 5.46. The van der Waals surface area contributed by atoms with Crippen LogP contribution >= 0.6 is 0 Å². The molecule has 0 fully saturated rings. The Morgan fingerprint density at radius 2 is 1.95 bits per heavy atom. The van der Waals surface area contributed by atoms with Crippen LogP contribution < -0.4 is 5.73 Å². The molecule has 0 aliphatic heterocycles. The molecule has 1 atom stereocenters. The lowest BCUT2D eigenvalue weighted by Gasteiger charge is -2.12. The molecule has 0 saturated heterocycles. The van der Waals surface area contributed by atoms with Gasteiger partial charge in [0.2, 0.25) is 0 Å². The lowest BCUT2D eigenvalue weighted by Crippen LogP contribution is -2.19. The van der Waals surface area contributed by atoms with Crippen molar-refractivity contribution in [3.8, 4) is 0 Å². The summed E-state index contributed by atoms with van der Waals surface area (Å²) in [5.74, 6) is -1.02. The van der Waals surface area contributed by atoms with Gasteiger partial charge in [0.15, 0.2) is 9.84 Å². The molecule has 0 aliphatic carbocycles. The molecule has 0 saturated carbocycles. The third-order valence-electron chi connectivity index (χ3n) is 2.57. The summed E-state index contributed by atoms with van der Waals surface area (Å²) in [6, 6.07) is 5.71. The zero-order valence-corrected chi connectivity index (χ0v) is 11.4. The van der Waals surface area contributed by atoms with Crippen molar-refractivity contribution in [1.29, 1.82) is 0 Å². The van der Waals surface area contributed by atoms with Gasteiger partial charge in [-0.2, -0.15) is 0 Å². The number of ether oxygens (including phenoxy) is 1. The Balaban J connectivity index is 2.68. The predicted octanol–water partition coefficient (Wildman–Crippen LogP) is 0.581. The smallest absolute Gasteiger partial charge is 0.329 e.